The highest BCUT2D eigenvalue weighted by Gasteiger charge is 2.20. The molecule has 0 spiro atoms. The van der Waals surface area contributed by atoms with Gasteiger partial charge in [-0.25, -0.2) is 9.50 Å². The highest BCUT2D eigenvalue weighted by atomic mass is 16.2. The van der Waals surface area contributed by atoms with Crippen LogP contribution in [-0.4, -0.2) is 41.7 Å². The molecule has 23 heavy (non-hydrogen) atoms. The normalized spacial score (nSPS) is 15.5. The largest absolute Gasteiger partial charge is 0.337 e. The maximum atomic E-state index is 12.1. The number of piperidine rings is 1. The van der Waals surface area contributed by atoms with Crippen molar-refractivity contribution < 1.29 is 4.79 Å². The number of fused-ring (bicyclic) bond motifs is 1. The summed E-state index contributed by atoms with van der Waals surface area (Å²) < 4.78 is 3.57. The van der Waals surface area contributed by atoms with Gasteiger partial charge in [0, 0.05) is 31.8 Å². The number of nitrogens with zero attached hydrogens (tertiary/aromatic N) is 6. The molecule has 0 atom stereocenters. The molecule has 4 heterocycles. The summed E-state index contributed by atoms with van der Waals surface area (Å²) in [5, 5.41) is 8.53. The van der Waals surface area contributed by atoms with E-state index in [0.29, 0.717) is 13.0 Å². The minimum atomic E-state index is 0.211. The monoisotopic (exact) mass is 310 g/mol. The standard InChI is InChI=1S/C16H18N6O/c1-20-9-12(8-18-20)13-11-22-15(5-6-17-22)14(19-13)10-21-7-3-2-4-16(21)23/h5-6,8-9,11H,2-4,7,10H2,1H3. The maximum Gasteiger partial charge on any atom is 0.222 e. The van der Waals surface area contributed by atoms with Crippen molar-refractivity contribution >= 4 is 11.4 Å². The van der Waals surface area contributed by atoms with Crippen LogP contribution in [-0.2, 0) is 18.4 Å². The van der Waals surface area contributed by atoms with E-state index in [1.54, 1.807) is 17.1 Å². The molecule has 1 saturated heterocycles. The van der Waals surface area contributed by atoms with E-state index in [9.17, 15) is 4.79 Å². The second-order valence-corrected chi connectivity index (χ2v) is 5.91. The van der Waals surface area contributed by atoms with E-state index < -0.39 is 0 Å². The molecule has 118 valence electrons. The Morgan fingerprint density at radius 3 is 2.91 bits per heavy atom. The lowest BCUT2D eigenvalue weighted by atomic mass is 10.1. The van der Waals surface area contributed by atoms with E-state index in [0.717, 1.165) is 41.9 Å². The predicted molar refractivity (Wildman–Crippen MR) is 84.5 cm³/mol. The third-order valence-corrected chi connectivity index (χ3v) is 4.23. The molecule has 7 heteroatoms. The number of rotatable bonds is 3. The van der Waals surface area contributed by atoms with E-state index in [4.69, 9.17) is 4.98 Å². The Kier molecular flexibility index (Phi) is 3.33. The number of hydrogen-bond donors (Lipinski definition) is 0. The number of carbonyl (C=O) groups excluding carboxylic acids is 1. The summed E-state index contributed by atoms with van der Waals surface area (Å²) in [4.78, 5) is 18.8. The minimum Gasteiger partial charge on any atom is -0.337 e. The maximum absolute atomic E-state index is 12.1. The van der Waals surface area contributed by atoms with Crippen molar-refractivity contribution in [2.75, 3.05) is 6.54 Å². The first-order valence-electron chi connectivity index (χ1n) is 7.81. The van der Waals surface area contributed by atoms with Gasteiger partial charge in [-0.15, -0.1) is 0 Å². The number of likely N-dealkylation sites (tertiary alicyclic amines) is 1. The van der Waals surface area contributed by atoms with Crippen LogP contribution in [0.3, 0.4) is 0 Å². The smallest absolute Gasteiger partial charge is 0.222 e. The molecule has 3 aromatic rings. The van der Waals surface area contributed by atoms with Gasteiger partial charge in [0.2, 0.25) is 5.91 Å². The summed E-state index contributed by atoms with van der Waals surface area (Å²) in [6.45, 7) is 1.33. The van der Waals surface area contributed by atoms with E-state index >= 15 is 0 Å². The quantitative estimate of drug-likeness (QED) is 0.737. The lowest BCUT2D eigenvalue weighted by Crippen LogP contribution is -2.35. The molecule has 0 unspecified atom stereocenters. The van der Waals surface area contributed by atoms with Crippen molar-refractivity contribution in [3.8, 4) is 11.3 Å². The fourth-order valence-corrected chi connectivity index (χ4v) is 3.01. The SMILES string of the molecule is Cn1cc(-c2cn3nccc3c(CN3CCCCC3=O)n2)cn1. The molecule has 3 aromatic heterocycles. The number of carbonyl (C=O) groups is 1. The van der Waals surface area contributed by atoms with Crippen LogP contribution in [0.1, 0.15) is 25.0 Å². The average molecular weight is 310 g/mol. The lowest BCUT2D eigenvalue weighted by molar-refractivity contribution is -0.133. The second-order valence-electron chi connectivity index (χ2n) is 5.91. The highest BCUT2D eigenvalue weighted by molar-refractivity contribution is 5.77. The first-order chi connectivity index (χ1) is 11.2. The van der Waals surface area contributed by atoms with E-state index in [2.05, 4.69) is 10.2 Å². The van der Waals surface area contributed by atoms with Gasteiger partial charge in [0.15, 0.2) is 0 Å². The van der Waals surface area contributed by atoms with Crippen LogP contribution in [0.5, 0.6) is 0 Å². The molecular weight excluding hydrogens is 292 g/mol. The van der Waals surface area contributed by atoms with Gasteiger partial charge in [0.05, 0.1) is 42.0 Å². The van der Waals surface area contributed by atoms with Crippen LogP contribution >= 0.6 is 0 Å². The molecular formula is C16H18N6O. The zero-order valence-electron chi connectivity index (χ0n) is 13.0. The Labute approximate surface area is 133 Å². The molecule has 1 fully saturated rings. The first kappa shape index (κ1) is 13.9. The molecule has 1 aliphatic rings. The van der Waals surface area contributed by atoms with Crippen molar-refractivity contribution in [3.05, 3.63) is 36.5 Å². The summed E-state index contributed by atoms with van der Waals surface area (Å²) in [5.41, 5.74) is 3.57. The van der Waals surface area contributed by atoms with Crippen molar-refractivity contribution in [1.29, 1.82) is 0 Å². The van der Waals surface area contributed by atoms with E-state index in [1.165, 1.54) is 0 Å². The Morgan fingerprint density at radius 1 is 1.22 bits per heavy atom. The Balaban J connectivity index is 1.75. The van der Waals surface area contributed by atoms with Crippen LogP contribution in [0.25, 0.3) is 16.8 Å². The summed E-state index contributed by atoms with van der Waals surface area (Å²) in [7, 11) is 1.88. The third-order valence-electron chi connectivity index (χ3n) is 4.23. The molecule has 1 amide bonds. The van der Waals surface area contributed by atoms with Gasteiger partial charge < -0.3 is 4.90 Å². The van der Waals surface area contributed by atoms with Gasteiger partial charge in [0.25, 0.3) is 0 Å². The van der Waals surface area contributed by atoms with Crippen molar-refractivity contribution in [2.45, 2.75) is 25.8 Å². The minimum absolute atomic E-state index is 0.211. The number of hydrogen-bond acceptors (Lipinski definition) is 4. The Morgan fingerprint density at radius 2 is 2.13 bits per heavy atom. The van der Waals surface area contributed by atoms with E-state index in [1.807, 2.05) is 34.9 Å². The molecule has 0 aromatic carbocycles. The van der Waals surface area contributed by atoms with Gasteiger partial charge in [-0.1, -0.05) is 0 Å². The molecule has 0 saturated carbocycles. The topological polar surface area (TPSA) is 68.3 Å². The molecule has 0 aliphatic carbocycles. The van der Waals surface area contributed by atoms with Gasteiger partial charge >= 0.3 is 0 Å². The highest BCUT2D eigenvalue weighted by Crippen LogP contribution is 2.21. The predicted octanol–water partition coefficient (Wildman–Crippen LogP) is 1.64. The fourth-order valence-electron chi connectivity index (χ4n) is 3.01. The van der Waals surface area contributed by atoms with Crippen LogP contribution < -0.4 is 0 Å². The van der Waals surface area contributed by atoms with Gasteiger partial charge in [-0.2, -0.15) is 10.2 Å². The van der Waals surface area contributed by atoms with Crippen molar-refractivity contribution in [1.82, 2.24) is 29.3 Å². The lowest BCUT2D eigenvalue weighted by Gasteiger charge is -2.26. The summed E-state index contributed by atoms with van der Waals surface area (Å²) >= 11 is 0. The van der Waals surface area contributed by atoms with Gasteiger partial charge in [-0.3, -0.25) is 9.48 Å². The van der Waals surface area contributed by atoms with Crippen LogP contribution in [0, 0.1) is 0 Å². The Hall–Kier alpha value is -2.70. The first-order valence-corrected chi connectivity index (χ1v) is 7.81. The summed E-state index contributed by atoms with van der Waals surface area (Å²) in [6.07, 6.45) is 10.0. The zero-order valence-corrected chi connectivity index (χ0v) is 13.0. The summed E-state index contributed by atoms with van der Waals surface area (Å²) in [5.74, 6) is 0.211. The molecule has 0 radical (unpaired) electrons. The van der Waals surface area contributed by atoms with Crippen molar-refractivity contribution in [3.63, 3.8) is 0 Å². The van der Waals surface area contributed by atoms with E-state index in [-0.39, 0.29) is 5.91 Å². The van der Waals surface area contributed by atoms with Gasteiger partial charge in [-0.05, 0) is 18.9 Å². The van der Waals surface area contributed by atoms with Crippen LogP contribution in [0.2, 0.25) is 0 Å². The van der Waals surface area contributed by atoms with Crippen LogP contribution in [0.15, 0.2) is 30.9 Å². The zero-order chi connectivity index (χ0) is 15.8. The number of aromatic nitrogens is 5. The van der Waals surface area contributed by atoms with Crippen molar-refractivity contribution in [2.24, 2.45) is 7.05 Å². The number of aryl methyl sites for hydroxylation is 1. The molecule has 4 rings (SSSR count). The third kappa shape index (κ3) is 2.58. The fraction of sp³-hybridized carbons (Fsp3) is 0.375. The molecule has 0 bridgehead atoms. The van der Waals surface area contributed by atoms with Gasteiger partial charge in [0.1, 0.15) is 0 Å². The molecule has 1 aliphatic heterocycles. The van der Waals surface area contributed by atoms with Crippen LogP contribution in [0.4, 0.5) is 0 Å². The molecule has 7 nitrogen and oxygen atoms in total. The molecule has 0 N–H and O–H groups in total. The summed E-state index contributed by atoms with van der Waals surface area (Å²) in [6, 6.07) is 1.93. The second kappa shape index (κ2) is 5.49. The number of amides is 1. The Bertz CT molecular complexity index is 864. The average Bonchev–Trinajstić information content (AvgIpc) is 3.18.